The maximum atomic E-state index is 14.5. The second-order valence-corrected chi connectivity index (χ2v) is 8.07. The minimum Gasteiger partial charge on any atom is -0.354 e. The highest BCUT2D eigenvalue weighted by Gasteiger charge is 2.30. The van der Waals surface area contributed by atoms with E-state index in [2.05, 4.69) is 10.4 Å². The summed E-state index contributed by atoms with van der Waals surface area (Å²) in [5.74, 6) is -0.150. The fourth-order valence-electron chi connectivity index (χ4n) is 3.93. The Kier molecular flexibility index (Phi) is 5.88. The molecule has 0 spiro atoms. The highest BCUT2D eigenvalue weighted by atomic mass is 19.1. The van der Waals surface area contributed by atoms with Crippen LogP contribution in [0.3, 0.4) is 0 Å². The van der Waals surface area contributed by atoms with Crippen molar-refractivity contribution in [3.8, 4) is 11.5 Å². The third-order valence-corrected chi connectivity index (χ3v) is 5.49. The molecule has 0 radical (unpaired) electrons. The van der Waals surface area contributed by atoms with Crippen LogP contribution in [-0.4, -0.2) is 50.2 Å². The fraction of sp³-hybridized carbons (Fsp3) is 0.348. The van der Waals surface area contributed by atoms with Crippen LogP contribution in [0.15, 0.2) is 55.0 Å². The van der Waals surface area contributed by atoms with Gasteiger partial charge in [-0.1, -0.05) is 12.1 Å². The summed E-state index contributed by atoms with van der Waals surface area (Å²) >= 11 is 0. The number of hydrogen-bond acceptors (Lipinski definition) is 3. The first-order chi connectivity index (χ1) is 15.0. The number of nitrogens with one attached hydrogen (secondary N) is 1. The van der Waals surface area contributed by atoms with Crippen LogP contribution in [0, 0.1) is 11.7 Å². The first-order valence-electron chi connectivity index (χ1n) is 10.5. The van der Waals surface area contributed by atoms with Crippen molar-refractivity contribution in [1.29, 1.82) is 0 Å². The monoisotopic (exact) mass is 423 g/mol. The van der Waals surface area contributed by atoms with Crippen molar-refractivity contribution in [3.63, 3.8) is 0 Å². The number of nitrogens with zero attached hydrogens (tertiary/aromatic N) is 4. The molecule has 0 saturated carbocycles. The first kappa shape index (κ1) is 20.8. The van der Waals surface area contributed by atoms with E-state index in [1.165, 1.54) is 16.9 Å². The molecule has 31 heavy (non-hydrogen) atoms. The number of hydrogen-bond donors (Lipinski definition) is 1. The lowest BCUT2D eigenvalue weighted by atomic mass is 9.95. The zero-order valence-corrected chi connectivity index (χ0v) is 17.7. The van der Waals surface area contributed by atoms with Gasteiger partial charge < -0.3 is 14.8 Å². The van der Waals surface area contributed by atoms with Crippen molar-refractivity contribution in [1.82, 2.24) is 24.6 Å². The predicted octanol–water partition coefficient (Wildman–Crippen LogP) is 3.18. The van der Waals surface area contributed by atoms with Crippen LogP contribution in [0.4, 0.5) is 4.39 Å². The minimum atomic E-state index is -0.421. The highest BCUT2D eigenvalue weighted by molar-refractivity contribution is 5.97. The van der Waals surface area contributed by atoms with Gasteiger partial charge in [0, 0.05) is 37.4 Å². The Balaban J connectivity index is 1.60. The van der Waals surface area contributed by atoms with E-state index < -0.39 is 5.82 Å². The van der Waals surface area contributed by atoms with Gasteiger partial charge in [0.1, 0.15) is 17.1 Å². The van der Waals surface area contributed by atoms with Gasteiger partial charge in [0.05, 0.1) is 6.20 Å². The molecule has 2 amide bonds. The van der Waals surface area contributed by atoms with Gasteiger partial charge in [-0.2, -0.15) is 5.10 Å². The quantitative estimate of drug-likeness (QED) is 0.685. The lowest BCUT2D eigenvalue weighted by molar-refractivity contribution is -0.126. The number of aromatic nitrogens is 3. The Labute approximate surface area is 180 Å². The Morgan fingerprint density at radius 3 is 2.42 bits per heavy atom. The van der Waals surface area contributed by atoms with Crippen molar-refractivity contribution in [2.45, 2.75) is 32.7 Å². The molecule has 7 nitrogen and oxygen atoms in total. The van der Waals surface area contributed by atoms with E-state index in [0.717, 1.165) is 0 Å². The molecule has 1 N–H and O–H groups in total. The molecule has 8 heteroatoms. The maximum Gasteiger partial charge on any atom is 0.259 e. The molecule has 0 atom stereocenters. The van der Waals surface area contributed by atoms with Crippen LogP contribution in [0.1, 0.15) is 37.0 Å². The van der Waals surface area contributed by atoms with E-state index in [0.29, 0.717) is 37.3 Å². The molecule has 0 unspecified atom stereocenters. The first-order valence-corrected chi connectivity index (χ1v) is 10.5. The zero-order chi connectivity index (χ0) is 22.0. The number of benzene rings is 1. The number of amides is 2. The Morgan fingerprint density at radius 1 is 1.10 bits per heavy atom. The Bertz CT molecular complexity index is 1070. The summed E-state index contributed by atoms with van der Waals surface area (Å²) in [6.07, 6.45) is 6.32. The maximum absolute atomic E-state index is 14.5. The number of para-hydroxylation sites is 1. The van der Waals surface area contributed by atoms with Crippen molar-refractivity contribution in [2.75, 3.05) is 13.1 Å². The van der Waals surface area contributed by atoms with Gasteiger partial charge in [-0.05, 0) is 51.0 Å². The Hall–Kier alpha value is -3.42. The number of rotatable bonds is 5. The molecule has 1 aliphatic rings. The lowest BCUT2D eigenvalue weighted by Crippen LogP contribution is -2.44. The van der Waals surface area contributed by atoms with Crippen molar-refractivity contribution >= 4 is 11.8 Å². The van der Waals surface area contributed by atoms with Gasteiger partial charge in [-0.3, -0.25) is 9.59 Å². The molecule has 162 valence electrons. The van der Waals surface area contributed by atoms with E-state index in [1.807, 2.05) is 26.0 Å². The van der Waals surface area contributed by atoms with E-state index >= 15 is 0 Å². The highest BCUT2D eigenvalue weighted by Crippen LogP contribution is 2.25. The van der Waals surface area contributed by atoms with Gasteiger partial charge in [0.15, 0.2) is 5.82 Å². The van der Waals surface area contributed by atoms with Gasteiger partial charge in [0.25, 0.3) is 5.91 Å². The lowest BCUT2D eigenvalue weighted by Gasteiger charge is -2.31. The number of likely N-dealkylation sites (tertiary alicyclic amines) is 1. The van der Waals surface area contributed by atoms with Crippen molar-refractivity contribution in [3.05, 3.63) is 66.4 Å². The topological polar surface area (TPSA) is 72.2 Å². The van der Waals surface area contributed by atoms with Gasteiger partial charge >= 0.3 is 0 Å². The smallest absolute Gasteiger partial charge is 0.259 e. The molecule has 4 rings (SSSR count). The van der Waals surface area contributed by atoms with E-state index in [9.17, 15) is 14.0 Å². The molecule has 1 fully saturated rings. The summed E-state index contributed by atoms with van der Waals surface area (Å²) in [4.78, 5) is 27.4. The normalized spacial score (nSPS) is 14.8. The van der Waals surface area contributed by atoms with Crippen molar-refractivity contribution < 1.29 is 14.0 Å². The van der Waals surface area contributed by atoms with E-state index in [-0.39, 0.29) is 29.5 Å². The Morgan fingerprint density at radius 2 is 1.77 bits per heavy atom. The van der Waals surface area contributed by atoms with Crippen LogP contribution in [-0.2, 0) is 4.79 Å². The zero-order valence-electron chi connectivity index (χ0n) is 17.7. The summed E-state index contributed by atoms with van der Waals surface area (Å²) in [5.41, 5.74) is 0.666. The van der Waals surface area contributed by atoms with E-state index in [4.69, 9.17) is 0 Å². The summed E-state index contributed by atoms with van der Waals surface area (Å²) in [5, 5.41) is 7.29. The summed E-state index contributed by atoms with van der Waals surface area (Å²) in [7, 11) is 0. The molecule has 3 aromatic rings. The van der Waals surface area contributed by atoms with Crippen LogP contribution in [0.5, 0.6) is 0 Å². The van der Waals surface area contributed by atoms with Gasteiger partial charge in [-0.25, -0.2) is 9.07 Å². The SMILES string of the molecule is CC(C)NC(=O)C1CCN(C(=O)c2cnn(-c3ccccc3F)c2-n2cccc2)CC1. The second kappa shape index (κ2) is 8.75. The molecule has 1 aliphatic heterocycles. The fourth-order valence-corrected chi connectivity index (χ4v) is 3.93. The molecular weight excluding hydrogens is 397 g/mol. The van der Waals surface area contributed by atoms with Crippen LogP contribution >= 0.6 is 0 Å². The average Bonchev–Trinajstić information content (AvgIpc) is 3.43. The van der Waals surface area contributed by atoms with Crippen LogP contribution in [0.25, 0.3) is 11.5 Å². The third kappa shape index (κ3) is 4.23. The summed E-state index contributed by atoms with van der Waals surface area (Å²) < 4.78 is 17.7. The third-order valence-electron chi connectivity index (χ3n) is 5.49. The van der Waals surface area contributed by atoms with Crippen molar-refractivity contribution in [2.24, 2.45) is 5.92 Å². The molecule has 0 aliphatic carbocycles. The molecule has 2 aromatic heterocycles. The van der Waals surface area contributed by atoms with E-state index in [1.54, 1.807) is 40.1 Å². The number of carbonyl (C=O) groups excluding carboxylic acids is 2. The summed E-state index contributed by atoms with van der Waals surface area (Å²) in [6.45, 7) is 4.86. The van der Waals surface area contributed by atoms with Crippen LogP contribution < -0.4 is 5.32 Å². The number of halogens is 1. The number of carbonyl (C=O) groups is 2. The summed E-state index contributed by atoms with van der Waals surface area (Å²) in [6, 6.07) is 10.1. The average molecular weight is 423 g/mol. The standard InChI is InChI=1S/C23H26FN5O2/c1-16(2)26-21(30)17-9-13-28(14-10-17)23(31)18-15-25-29(20-8-4-3-7-19(20)24)22(18)27-11-5-6-12-27/h3-8,11-12,15-17H,9-10,13-14H2,1-2H3,(H,26,30). The molecule has 0 bridgehead atoms. The van der Waals surface area contributed by atoms with Gasteiger partial charge in [0.2, 0.25) is 5.91 Å². The van der Waals surface area contributed by atoms with Gasteiger partial charge in [-0.15, -0.1) is 0 Å². The molecule has 3 heterocycles. The number of piperidine rings is 1. The van der Waals surface area contributed by atoms with Crippen LogP contribution in [0.2, 0.25) is 0 Å². The molecule has 1 saturated heterocycles. The molecule has 1 aromatic carbocycles. The largest absolute Gasteiger partial charge is 0.354 e. The second-order valence-electron chi connectivity index (χ2n) is 8.07. The predicted molar refractivity (Wildman–Crippen MR) is 115 cm³/mol. The molecular formula is C23H26FN5O2. The minimum absolute atomic E-state index is 0.0440.